The van der Waals surface area contributed by atoms with Crippen molar-refractivity contribution in [3.05, 3.63) is 36.0 Å². The number of H-pyrrole nitrogens is 1. The highest BCUT2D eigenvalue weighted by Crippen LogP contribution is 2.30. The largest absolute Gasteiger partial charge is 0.497 e. The summed E-state index contributed by atoms with van der Waals surface area (Å²) >= 11 is 0. The number of benzene rings is 1. The number of aromatic nitrogens is 3. The highest BCUT2D eigenvalue weighted by molar-refractivity contribution is 5.89. The van der Waals surface area contributed by atoms with Crippen LogP contribution in [0, 0.1) is 6.92 Å². The van der Waals surface area contributed by atoms with E-state index in [9.17, 15) is 0 Å². The Kier molecular flexibility index (Phi) is 4.66. The average Bonchev–Trinajstić information content (AvgIpc) is 3.42. The van der Waals surface area contributed by atoms with Gasteiger partial charge in [0.2, 0.25) is 5.95 Å². The van der Waals surface area contributed by atoms with Gasteiger partial charge in [-0.25, -0.2) is 0 Å². The molecule has 0 atom stereocenters. The van der Waals surface area contributed by atoms with E-state index in [1.807, 2.05) is 12.1 Å². The molecule has 3 aromatic rings. The quantitative estimate of drug-likeness (QED) is 0.736. The van der Waals surface area contributed by atoms with Gasteiger partial charge in [-0.3, -0.25) is 0 Å². The monoisotopic (exact) mass is 392 g/mol. The van der Waals surface area contributed by atoms with Crippen molar-refractivity contribution in [3.63, 3.8) is 0 Å². The summed E-state index contributed by atoms with van der Waals surface area (Å²) in [4.78, 5) is 20.4. The lowest BCUT2D eigenvalue weighted by atomic mass is 10.2. The standard InChI is InChI=1S/C22H28N6O/c1-16-15-19-20(23-16)24-22(28-9-3-4-10-28)25-21(19)27-13-11-26(12-14-27)17-5-7-18(29-2)8-6-17/h5-8,15H,3-4,9-14H2,1-2H3,(H,23,24,25). The molecule has 2 aliphatic heterocycles. The Morgan fingerprint density at radius 3 is 2.24 bits per heavy atom. The second-order valence-corrected chi connectivity index (χ2v) is 7.93. The summed E-state index contributed by atoms with van der Waals surface area (Å²) in [5.74, 6) is 2.83. The van der Waals surface area contributed by atoms with Crippen molar-refractivity contribution in [2.75, 3.05) is 61.1 Å². The highest BCUT2D eigenvalue weighted by atomic mass is 16.5. The summed E-state index contributed by atoms with van der Waals surface area (Å²) in [5, 5.41) is 1.13. The van der Waals surface area contributed by atoms with Crippen molar-refractivity contribution in [3.8, 4) is 5.75 Å². The predicted octanol–water partition coefficient (Wildman–Crippen LogP) is 3.20. The van der Waals surface area contributed by atoms with Crippen LogP contribution in [0.3, 0.4) is 0 Å². The minimum atomic E-state index is 0.865. The smallest absolute Gasteiger partial charge is 0.229 e. The first-order chi connectivity index (χ1) is 14.2. The van der Waals surface area contributed by atoms with Crippen LogP contribution in [0.2, 0.25) is 0 Å². The maximum absolute atomic E-state index is 5.28. The SMILES string of the molecule is COc1ccc(N2CCN(c3nc(N4CCCC4)nc4[nH]c(C)cc34)CC2)cc1. The fourth-order valence-electron chi connectivity index (χ4n) is 4.38. The summed E-state index contributed by atoms with van der Waals surface area (Å²) in [7, 11) is 1.70. The van der Waals surface area contributed by atoms with Gasteiger partial charge in [0.05, 0.1) is 12.5 Å². The number of nitrogens with one attached hydrogen (secondary N) is 1. The summed E-state index contributed by atoms with van der Waals surface area (Å²) in [6.07, 6.45) is 2.45. The zero-order chi connectivity index (χ0) is 19.8. The molecule has 29 heavy (non-hydrogen) atoms. The average molecular weight is 393 g/mol. The van der Waals surface area contributed by atoms with Gasteiger partial charge in [-0.05, 0) is 50.1 Å². The van der Waals surface area contributed by atoms with E-state index in [1.54, 1.807) is 7.11 Å². The van der Waals surface area contributed by atoms with Gasteiger partial charge in [0.25, 0.3) is 0 Å². The molecule has 0 amide bonds. The molecule has 4 heterocycles. The first-order valence-electron chi connectivity index (χ1n) is 10.5. The van der Waals surface area contributed by atoms with Gasteiger partial charge >= 0.3 is 0 Å². The van der Waals surface area contributed by atoms with Crippen molar-refractivity contribution < 1.29 is 4.74 Å². The molecule has 1 N–H and O–H groups in total. The maximum atomic E-state index is 5.28. The number of fused-ring (bicyclic) bond motifs is 1. The van der Waals surface area contributed by atoms with Crippen molar-refractivity contribution in [2.45, 2.75) is 19.8 Å². The van der Waals surface area contributed by atoms with Gasteiger partial charge in [0, 0.05) is 50.6 Å². The van der Waals surface area contributed by atoms with Crippen molar-refractivity contribution in [2.24, 2.45) is 0 Å². The third-order valence-electron chi connectivity index (χ3n) is 6.00. The van der Waals surface area contributed by atoms with E-state index in [-0.39, 0.29) is 0 Å². The van der Waals surface area contributed by atoms with Crippen LogP contribution in [0.4, 0.5) is 17.5 Å². The maximum Gasteiger partial charge on any atom is 0.229 e. The number of hydrogen-bond donors (Lipinski definition) is 1. The Labute approximate surface area is 171 Å². The van der Waals surface area contributed by atoms with E-state index in [0.29, 0.717) is 0 Å². The summed E-state index contributed by atoms with van der Waals surface area (Å²) < 4.78 is 5.28. The Balaban J connectivity index is 1.39. The molecule has 1 aromatic carbocycles. The normalized spacial score (nSPS) is 17.4. The molecular formula is C22H28N6O. The molecule has 2 aromatic heterocycles. The third kappa shape index (κ3) is 3.45. The molecule has 0 aliphatic carbocycles. The highest BCUT2D eigenvalue weighted by Gasteiger charge is 2.24. The molecular weight excluding hydrogens is 364 g/mol. The number of rotatable bonds is 4. The van der Waals surface area contributed by atoms with Gasteiger partial charge in [-0.2, -0.15) is 9.97 Å². The van der Waals surface area contributed by atoms with Crippen LogP contribution in [0.15, 0.2) is 30.3 Å². The predicted molar refractivity (Wildman–Crippen MR) is 117 cm³/mol. The van der Waals surface area contributed by atoms with Crippen LogP contribution >= 0.6 is 0 Å². The van der Waals surface area contributed by atoms with Crippen LogP contribution in [-0.2, 0) is 0 Å². The Morgan fingerprint density at radius 1 is 0.862 bits per heavy atom. The Morgan fingerprint density at radius 2 is 1.55 bits per heavy atom. The second kappa shape index (κ2) is 7.46. The summed E-state index contributed by atoms with van der Waals surface area (Å²) in [6.45, 7) is 8.03. The van der Waals surface area contributed by atoms with Crippen molar-refractivity contribution >= 4 is 28.5 Å². The molecule has 0 spiro atoms. The number of piperazine rings is 1. The van der Waals surface area contributed by atoms with Gasteiger partial charge in [0.15, 0.2) is 0 Å². The first kappa shape index (κ1) is 18.1. The zero-order valence-electron chi connectivity index (χ0n) is 17.2. The lowest BCUT2D eigenvalue weighted by Crippen LogP contribution is -2.47. The molecule has 0 radical (unpaired) electrons. The van der Waals surface area contributed by atoms with E-state index in [2.05, 4.69) is 44.8 Å². The van der Waals surface area contributed by atoms with E-state index in [4.69, 9.17) is 14.7 Å². The number of methoxy groups -OCH3 is 1. The van der Waals surface area contributed by atoms with Crippen molar-refractivity contribution in [1.82, 2.24) is 15.0 Å². The first-order valence-corrected chi connectivity index (χ1v) is 10.5. The fraction of sp³-hybridized carbons (Fsp3) is 0.455. The lowest BCUT2D eigenvalue weighted by Gasteiger charge is -2.37. The lowest BCUT2D eigenvalue weighted by molar-refractivity contribution is 0.415. The fourth-order valence-corrected chi connectivity index (χ4v) is 4.38. The van der Waals surface area contributed by atoms with Gasteiger partial charge in [-0.15, -0.1) is 0 Å². The van der Waals surface area contributed by atoms with E-state index in [0.717, 1.165) is 73.5 Å². The Hall–Kier alpha value is -2.96. The molecule has 0 saturated carbocycles. The molecule has 5 rings (SSSR count). The molecule has 2 aliphatic rings. The molecule has 7 nitrogen and oxygen atoms in total. The molecule has 152 valence electrons. The van der Waals surface area contributed by atoms with Crippen LogP contribution in [0.1, 0.15) is 18.5 Å². The third-order valence-corrected chi connectivity index (χ3v) is 6.00. The van der Waals surface area contributed by atoms with Gasteiger partial charge in [-0.1, -0.05) is 0 Å². The van der Waals surface area contributed by atoms with Crippen molar-refractivity contribution in [1.29, 1.82) is 0 Å². The van der Waals surface area contributed by atoms with Crippen LogP contribution < -0.4 is 19.4 Å². The number of hydrogen-bond acceptors (Lipinski definition) is 6. The molecule has 2 saturated heterocycles. The molecule has 0 unspecified atom stereocenters. The summed E-state index contributed by atoms with van der Waals surface area (Å²) in [5.41, 5.74) is 3.33. The number of aromatic amines is 1. The minimum Gasteiger partial charge on any atom is -0.497 e. The molecule has 7 heteroatoms. The van der Waals surface area contributed by atoms with Gasteiger partial charge < -0.3 is 24.4 Å². The number of anilines is 3. The van der Waals surface area contributed by atoms with E-state index in [1.165, 1.54) is 18.5 Å². The number of aryl methyl sites for hydroxylation is 1. The topological polar surface area (TPSA) is 60.5 Å². The Bertz CT molecular complexity index is 984. The molecule has 2 fully saturated rings. The van der Waals surface area contributed by atoms with Gasteiger partial charge in [0.1, 0.15) is 17.2 Å². The second-order valence-electron chi connectivity index (χ2n) is 7.93. The van der Waals surface area contributed by atoms with Crippen LogP contribution in [-0.4, -0.2) is 61.3 Å². The number of nitrogens with zero attached hydrogens (tertiary/aromatic N) is 5. The van der Waals surface area contributed by atoms with Crippen LogP contribution in [0.25, 0.3) is 11.0 Å². The van der Waals surface area contributed by atoms with Crippen LogP contribution in [0.5, 0.6) is 5.75 Å². The summed E-state index contributed by atoms with van der Waals surface area (Å²) in [6, 6.07) is 10.5. The minimum absolute atomic E-state index is 0.865. The number of ether oxygens (including phenoxy) is 1. The molecule has 0 bridgehead atoms. The van der Waals surface area contributed by atoms with E-state index >= 15 is 0 Å². The zero-order valence-corrected chi connectivity index (χ0v) is 17.2. The van der Waals surface area contributed by atoms with E-state index < -0.39 is 0 Å².